The van der Waals surface area contributed by atoms with Crippen LogP contribution in [0.4, 0.5) is 0 Å². The number of carbonyl (C=O) groups is 3. The molecule has 0 amide bonds. The highest BCUT2D eigenvalue weighted by Crippen LogP contribution is 2.13. The van der Waals surface area contributed by atoms with Crippen LogP contribution >= 0.6 is 0 Å². The Morgan fingerprint density at radius 2 is 0.520 bits per heavy atom. The molecule has 0 aliphatic heterocycles. The van der Waals surface area contributed by atoms with Crippen LogP contribution < -0.4 is 0 Å². The molecular formula is C69H110O6. The first-order chi connectivity index (χ1) is 37.0. The summed E-state index contributed by atoms with van der Waals surface area (Å²) in [5.74, 6) is -0.964. The third-order valence-corrected chi connectivity index (χ3v) is 12.3. The molecule has 1 unspecified atom stereocenters. The van der Waals surface area contributed by atoms with Gasteiger partial charge in [0.1, 0.15) is 13.2 Å². The number of hydrogen-bond acceptors (Lipinski definition) is 6. The van der Waals surface area contributed by atoms with Crippen molar-refractivity contribution in [1.29, 1.82) is 0 Å². The SMILES string of the molecule is CC/C=C\C/C=C\C/C=C\C/C=C\C/C=C\C/C=C\C/C=C\CCCCCC(=O)OCC(COC(=O)CCCCCCC/C=C\CCCCCC)OC(=O)CCCCCCCC/C=C\C/C=C\C/C=C\C/C=C\CC. The van der Waals surface area contributed by atoms with Gasteiger partial charge in [-0.2, -0.15) is 0 Å². The molecule has 0 rings (SSSR count). The number of rotatable bonds is 53. The molecule has 0 heterocycles. The van der Waals surface area contributed by atoms with Gasteiger partial charge in [0.2, 0.25) is 0 Å². The highest BCUT2D eigenvalue weighted by molar-refractivity contribution is 5.71. The van der Waals surface area contributed by atoms with E-state index in [4.69, 9.17) is 14.2 Å². The zero-order chi connectivity index (χ0) is 54.3. The predicted octanol–water partition coefficient (Wildman–Crippen LogP) is 20.8. The Bertz CT molecular complexity index is 1660. The van der Waals surface area contributed by atoms with Crippen LogP contribution in [0, 0.1) is 0 Å². The van der Waals surface area contributed by atoms with Crippen LogP contribution in [0.15, 0.2) is 146 Å². The average Bonchev–Trinajstić information content (AvgIpc) is 3.41. The molecule has 0 fully saturated rings. The van der Waals surface area contributed by atoms with Gasteiger partial charge in [-0.25, -0.2) is 0 Å². The monoisotopic (exact) mass is 1030 g/mol. The molecular weight excluding hydrogens is 925 g/mol. The van der Waals surface area contributed by atoms with Gasteiger partial charge in [-0.05, 0) is 141 Å². The molecule has 0 aromatic heterocycles. The third-order valence-electron chi connectivity index (χ3n) is 12.3. The summed E-state index contributed by atoms with van der Waals surface area (Å²) in [6, 6.07) is 0. The molecule has 0 N–H and O–H groups in total. The topological polar surface area (TPSA) is 78.9 Å². The van der Waals surface area contributed by atoms with E-state index in [1.54, 1.807) is 0 Å². The van der Waals surface area contributed by atoms with E-state index in [-0.39, 0.29) is 31.1 Å². The van der Waals surface area contributed by atoms with Crippen molar-refractivity contribution in [1.82, 2.24) is 0 Å². The van der Waals surface area contributed by atoms with Crippen LogP contribution in [0.5, 0.6) is 0 Å². The Balaban J connectivity index is 4.48. The minimum absolute atomic E-state index is 0.104. The quantitative estimate of drug-likeness (QED) is 0.0261. The van der Waals surface area contributed by atoms with E-state index in [0.29, 0.717) is 19.3 Å². The highest BCUT2D eigenvalue weighted by atomic mass is 16.6. The van der Waals surface area contributed by atoms with Gasteiger partial charge < -0.3 is 14.2 Å². The molecule has 1 atom stereocenters. The van der Waals surface area contributed by atoms with Crippen molar-refractivity contribution in [2.24, 2.45) is 0 Å². The second-order valence-corrected chi connectivity index (χ2v) is 19.5. The maximum absolute atomic E-state index is 12.9. The Labute approximate surface area is 461 Å². The summed E-state index contributed by atoms with van der Waals surface area (Å²) in [7, 11) is 0. The fraction of sp³-hybridized carbons (Fsp3) is 0.609. The van der Waals surface area contributed by atoms with Gasteiger partial charge >= 0.3 is 17.9 Å². The van der Waals surface area contributed by atoms with Gasteiger partial charge in [-0.3, -0.25) is 14.4 Å². The normalized spacial score (nSPS) is 13.2. The van der Waals surface area contributed by atoms with E-state index in [9.17, 15) is 14.4 Å². The van der Waals surface area contributed by atoms with Crippen LogP contribution in [0.3, 0.4) is 0 Å². The Morgan fingerprint density at radius 1 is 0.280 bits per heavy atom. The minimum atomic E-state index is -0.810. The van der Waals surface area contributed by atoms with Crippen LogP contribution in [-0.2, 0) is 28.6 Å². The van der Waals surface area contributed by atoms with E-state index >= 15 is 0 Å². The summed E-state index contributed by atoms with van der Waals surface area (Å²) in [5.41, 5.74) is 0. The lowest BCUT2D eigenvalue weighted by atomic mass is 10.1. The number of unbranched alkanes of at least 4 members (excludes halogenated alkanes) is 18. The van der Waals surface area contributed by atoms with Gasteiger partial charge in [0.15, 0.2) is 6.10 Å². The molecule has 75 heavy (non-hydrogen) atoms. The maximum Gasteiger partial charge on any atom is 0.306 e. The molecule has 0 radical (unpaired) electrons. The molecule has 0 aromatic rings. The number of ether oxygens (including phenoxy) is 3. The summed E-state index contributed by atoms with van der Waals surface area (Å²) in [5, 5.41) is 0. The van der Waals surface area contributed by atoms with Crippen LogP contribution in [0.2, 0.25) is 0 Å². The summed E-state index contributed by atoms with van der Waals surface area (Å²) in [6.45, 7) is 6.34. The van der Waals surface area contributed by atoms with E-state index in [1.165, 1.54) is 51.4 Å². The van der Waals surface area contributed by atoms with Crippen LogP contribution in [0.1, 0.15) is 252 Å². The van der Waals surface area contributed by atoms with Gasteiger partial charge in [0.05, 0.1) is 0 Å². The fourth-order valence-electron chi connectivity index (χ4n) is 7.82. The summed E-state index contributed by atoms with van der Waals surface area (Å²) in [4.78, 5) is 38.2. The van der Waals surface area contributed by atoms with Gasteiger partial charge in [-0.1, -0.05) is 237 Å². The second-order valence-electron chi connectivity index (χ2n) is 19.5. The molecule has 0 aromatic carbocycles. The lowest BCUT2D eigenvalue weighted by molar-refractivity contribution is -0.167. The van der Waals surface area contributed by atoms with Crippen molar-refractivity contribution in [3.63, 3.8) is 0 Å². The summed E-state index contributed by atoms with van der Waals surface area (Å²) >= 11 is 0. The molecule has 422 valence electrons. The number of carbonyl (C=O) groups excluding carboxylic acids is 3. The third kappa shape index (κ3) is 60.0. The zero-order valence-corrected chi connectivity index (χ0v) is 48.3. The maximum atomic E-state index is 12.9. The number of allylic oxidation sites excluding steroid dienone is 24. The molecule has 6 heteroatoms. The highest BCUT2D eigenvalue weighted by Gasteiger charge is 2.19. The van der Waals surface area contributed by atoms with Crippen molar-refractivity contribution >= 4 is 17.9 Å². The van der Waals surface area contributed by atoms with Crippen molar-refractivity contribution in [3.8, 4) is 0 Å². The van der Waals surface area contributed by atoms with E-state index in [1.807, 2.05) is 0 Å². The molecule has 0 spiro atoms. The molecule has 0 saturated heterocycles. The lowest BCUT2D eigenvalue weighted by Crippen LogP contribution is -2.30. The van der Waals surface area contributed by atoms with Crippen molar-refractivity contribution < 1.29 is 28.6 Å². The van der Waals surface area contributed by atoms with E-state index in [2.05, 4.69) is 167 Å². The van der Waals surface area contributed by atoms with Crippen LogP contribution in [0.25, 0.3) is 0 Å². The summed E-state index contributed by atoms with van der Waals surface area (Å²) in [6.07, 6.45) is 88.4. The molecule has 0 bridgehead atoms. The molecule has 0 aliphatic carbocycles. The molecule has 0 saturated carbocycles. The minimum Gasteiger partial charge on any atom is -0.462 e. The number of hydrogen-bond donors (Lipinski definition) is 0. The van der Waals surface area contributed by atoms with E-state index in [0.717, 1.165) is 161 Å². The average molecular weight is 1040 g/mol. The zero-order valence-electron chi connectivity index (χ0n) is 48.3. The first kappa shape index (κ1) is 70.3. The van der Waals surface area contributed by atoms with Gasteiger partial charge in [-0.15, -0.1) is 0 Å². The second kappa shape index (κ2) is 61.8. The van der Waals surface area contributed by atoms with Crippen molar-refractivity contribution in [2.75, 3.05) is 13.2 Å². The Hall–Kier alpha value is -4.71. The first-order valence-electron chi connectivity index (χ1n) is 30.3. The molecule has 6 nitrogen and oxygen atoms in total. The Kier molecular flexibility index (Phi) is 58.0. The van der Waals surface area contributed by atoms with E-state index < -0.39 is 6.10 Å². The van der Waals surface area contributed by atoms with Crippen molar-refractivity contribution in [2.45, 2.75) is 258 Å². The fourth-order valence-corrected chi connectivity index (χ4v) is 7.82. The number of esters is 3. The largest absolute Gasteiger partial charge is 0.462 e. The van der Waals surface area contributed by atoms with Crippen molar-refractivity contribution in [3.05, 3.63) is 146 Å². The summed E-state index contributed by atoms with van der Waals surface area (Å²) < 4.78 is 16.8. The molecule has 0 aliphatic rings. The Morgan fingerprint density at radius 3 is 0.840 bits per heavy atom. The standard InChI is InChI=1S/C69H110O6/c1-4-7-10-13-16-19-22-25-27-29-31-32-33-34-35-36-38-39-41-44-47-50-53-56-59-62-68(71)74-65-66(64-73-67(70)61-58-55-52-49-46-43-24-21-18-15-12-9-6-3)75-69(72)63-60-57-54-51-48-45-42-40-37-30-28-26-23-20-17-14-11-8-5-2/h7-8,10-11,16-17,19-21,24-28,31-32,34-35,37-40,44,47,66H,4-6,9,12-15,18,22-23,29-30,33,36,41-43,45-46,48-65H2,1-3H3/b10-7-,11-8-,19-16-,20-17-,24-21-,27-25-,28-26-,32-31-,35-34-,39-38-,40-37-,47-44-. The van der Waals surface area contributed by atoms with Gasteiger partial charge in [0.25, 0.3) is 0 Å². The predicted molar refractivity (Wildman–Crippen MR) is 325 cm³/mol. The van der Waals surface area contributed by atoms with Gasteiger partial charge in [0, 0.05) is 19.3 Å². The first-order valence-corrected chi connectivity index (χ1v) is 30.3. The van der Waals surface area contributed by atoms with Crippen LogP contribution in [-0.4, -0.2) is 37.2 Å². The lowest BCUT2D eigenvalue weighted by Gasteiger charge is -2.18. The smallest absolute Gasteiger partial charge is 0.306 e.